The first-order valence-corrected chi connectivity index (χ1v) is 5.69. The summed E-state index contributed by atoms with van der Waals surface area (Å²) in [6.45, 7) is 1.69. The normalized spacial score (nSPS) is 10.1. The number of nitrogens with zero attached hydrogens (tertiary/aromatic N) is 1. The molecule has 0 amide bonds. The van der Waals surface area contributed by atoms with Gasteiger partial charge in [-0.3, -0.25) is 14.9 Å². The Bertz CT molecular complexity index is 685. The molecule has 0 aliphatic carbocycles. The molecular weight excluding hydrogens is 265 g/mol. The summed E-state index contributed by atoms with van der Waals surface area (Å²) in [5, 5.41) is 11.0. The molecule has 0 heterocycles. The van der Waals surface area contributed by atoms with Gasteiger partial charge in [-0.05, 0) is 30.7 Å². The highest BCUT2D eigenvalue weighted by Crippen LogP contribution is 2.33. The SMILES string of the molecule is Cc1ccc(F)cc1Oc1ccc(C=O)cc1[N+](=O)[O-]. The number of hydrogen-bond acceptors (Lipinski definition) is 4. The van der Waals surface area contributed by atoms with Crippen LogP contribution in [0.2, 0.25) is 0 Å². The maximum absolute atomic E-state index is 13.2. The summed E-state index contributed by atoms with van der Waals surface area (Å²) in [5.74, 6) is -0.362. The average molecular weight is 275 g/mol. The van der Waals surface area contributed by atoms with E-state index in [0.29, 0.717) is 11.8 Å². The smallest absolute Gasteiger partial charge is 0.312 e. The van der Waals surface area contributed by atoms with E-state index in [1.807, 2.05) is 0 Å². The van der Waals surface area contributed by atoms with Crippen LogP contribution in [0.25, 0.3) is 0 Å². The van der Waals surface area contributed by atoms with Crippen molar-refractivity contribution < 1.29 is 18.8 Å². The molecular formula is C14H10FNO4. The van der Waals surface area contributed by atoms with Gasteiger partial charge in [0.2, 0.25) is 5.75 Å². The zero-order chi connectivity index (χ0) is 14.7. The maximum atomic E-state index is 13.2. The number of aldehydes is 1. The Morgan fingerprint density at radius 2 is 1.95 bits per heavy atom. The fraction of sp³-hybridized carbons (Fsp3) is 0.0714. The molecule has 5 nitrogen and oxygen atoms in total. The molecule has 0 saturated carbocycles. The summed E-state index contributed by atoms with van der Waals surface area (Å²) < 4.78 is 18.6. The topological polar surface area (TPSA) is 69.4 Å². The van der Waals surface area contributed by atoms with Crippen LogP contribution in [-0.4, -0.2) is 11.2 Å². The van der Waals surface area contributed by atoms with Crippen LogP contribution in [0.1, 0.15) is 15.9 Å². The highest BCUT2D eigenvalue weighted by molar-refractivity contribution is 5.77. The molecule has 0 saturated heterocycles. The number of hydrogen-bond donors (Lipinski definition) is 0. The molecule has 0 spiro atoms. The van der Waals surface area contributed by atoms with Crippen molar-refractivity contribution in [2.24, 2.45) is 0 Å². The molecule has 0 aliphatic rings. The Morgan fingerprint density at radius 1 is 1.20 bits per heavy atom. The second kappa shape index (κ2) is 5.48. The van der Waals surface area contributed by atoms with Crippen LogP contribution in [0.4, 0.5) is 10.1 Å². The monoisotopic (exact) mass is 275 g/mol. The fourth-order valence-electron chi connectivity index (χ4n) is 1.64. The molecule has 0 aliphatic heterocycles. The van der Waals surface area contributed by atoms with Crippen LogP contribution in [-0.2, 0) is 0 Å². The van der Waals surface area contributed by atoms with Gasteiger partial charge < -0.3 is 4.74 Å². The van der Waals surface area contributed by atoms with Crippen LogP contribution in [0.3, 0.4) is 0 Å². The van der Waals surface area contributed by atoms with Crippen LogP contribution >= 0.6 is 0 Å². The van der Waals surface area contributed by atoms with E-state index < -0.39 is 10.7 Å². The lowest BCUT2D eigenvalue weighted by molar-refractivity contribution is -0.385. The zero-order valence-electron chi connectivity index (χ0n) is 10.5. The largest absolute Gasteiger partial charge is 0.450 e. The fourth-order valence-corrected chi connectivity index (χ4v) is 1.64. The molecule has 0 aromatic heterocycles. The van der Waals surface area contributed by atoms with Gasteiger partial charge in [0.1, 0.15) is 17.9 Å². The van der Waals surface area contributed by atoms with E-state index in [1.54, 1.807) is 6.92 Å². The molecule has 0 radical (unpaired) electrons. The van der Waals surface area contributed by atoms with Crippen LogP contribution < -0.4 is 4.74 Å². The second-order valence-electron chi connectivity index (χ2n) is 4.11. The molecule has 2 aromatic rings. The molecule has 0 atom stereocenters. The number of aryl methyl sites for hydroxylation is 1. The Hall–Kier alpha value is -2.76. The number of nitro benzene ring substituents is 1. The lowest BCUT2D eigenvalue weighted by Gasteiger charge is -2.09. The van der Waals surface area contributed by atoms with E-state index in [0.717, 1.165) is 12.1 Å². The van der Waals surface area contributed by atoms with Crippen molar-refractivity contribution >= 4 is 12.0 Å². The van der Waals surface area contributed by atoms with Crippen molar-refractivity contribution in [2.45, 2.75) is 6.92 Å². The number of rotatable bonds is 4. The summed E-state index contributed by atoms with van der Waals surface area (Å²) in [6, 6.07) is 7.74. The van der Waals surface area contributed by atoms with Gasteiger partial charge in [-0.1, -0.05) is 6.07 Å². The van der Waals surface area contributed by atoms with E-state index in [2.05, 4.69) is 0 Å². The average Bonchev–Trinajstić information content (AvgIpc) is 2.43. The predicted molar refractivity (Wildman–Crippen MR) is 69.7 cm³/mol. The number of carbonyl (C=O) groups is 1. The van der Waals surface area contributed by atoms with Gasteiger partial charge in [0.25, 0.3) is 0 Å². The summed E-state index contributed by atoms with van der Waals surface area (Å²) in [6.07, 6.45) is 0.504. The third-order valence-electron chi connectivity index (χ3n) is 2.69. The molecule has 0 fully saturated rings. The molecule has 0 bridgehead atoms. The van der Waals surface area contributed by atoms with E-state index in [9.17, 15) is 19.3 Å². The highest BCUT2D eigenvalue weighted by Gasteiger charge is 2.17. The Morgan fingerprint density at radius 3 is 2.60 bits per heavy atom. The third kappa shape index (κ3) is 2.80. The first kappa shape index (κ1) is 13.7. The number of carbonyl (C=O) groups excluding carboxylic acids is 1. The maximum Gasteiger partial charge on any atom is 0.312 e. The molecule has 102 valence electrons. The Balaban J connectivity index is 2.45. The molecule has 6 heteroatoms. The number of ether oxygens (including phenoxy) is 1. The zero-order valence-corrected chi connectivity index (χ0v) is 10.5. The first-order chi connectivity index (χ1) is 9.51. The van der Waals surface area contributed by atoms with Crippen LogP contribution in [0.15, 0.2) is 36.4 Å². The first-order valence-electron chi connectivity index (χ1n) is 5.69. The van der Waals surface area contributed by atoms with Crippen molar-refractivity contribution in [3.8, 4) is 11.5 Å². The van der Waals surface area contributed by atoms with Crippen molar-refractivity contribution in [3.63, 3.8) is 0 Å². The molecule has 2 rings (SSSR count). The second-order valence-corrected chi connectivity index (χ2v) is 4.11. The van der Waals surface area contributed by atoms with Crippen LogP contribution in [0, 0.1) is 22.9 Å². The molecule has 2 aromatic carbocycles. The van der Waals surface area contributed by atoms with Gasteiger partial charge >= 0.3 is 5.69 Å². The van der Waals surface area contributed by atoms with Crippen molar-refractivity contribution in [1.29, 1.82) is 0 Å². The van der Waals surface area contributed by atoms with E-state index >= 15 is 0 Å². The Labute approximate surface area is 113 Å². The molecule has 0 N–H and O–H groups in total. The standard InChI is InChI=1S/C14H10FNO4/c1-9-2-4-11(15)7-14(9)20-13-5-3-10(8-17)6-12(13)16(18)19/h2-8H,1H3. The summed E-state index contributed by atoms with van der Waals surface area (Å²) in [4.78, 5) is 20.9. The van der Waals surface area contributed by atoms with Crippen molar-refractivity contribution in [2.75, 3.05) is 0 Å². The van der Waals surface area contributed by atoms with Crippen molar-refractivity contribution in [3.05, 3.63) is 63.5 Å². The predicted octanol–water partition coefficient (Wildman–Crippen LogP) is 3.65. The van der Waals surface area contributed by atoms with Gasteiger partial charge in [0.15, 0.2) is 0 Å². The minimum absolute atomic E-state index is 0.0469. The van der Waals surface area contributed by atoms with E-state index in [4.69, 9.17) is 4.74 Å². The van der Waals surface area contributed by atoms with Gasteiger partial charge in [-0.15, -0.1) is 0 Å². The summed E-state index contributed by atoms with van der Waals surface area (Å²) >= 11 is 0. The van der Waals surface area contributed by atoms with Crippen LogP contribution in [0.5, 0.6) is 11.5 Å². The third-order valence-corrected chi connectivity index (χ3v) is 2.69. The van der Waals surface area contributed by atoms with Gasteiger partial charge in [0.05, 0.1) is 4.92 Å². The highest BCUT2D eigenvalue weighted by atomic mass is 19.1. The number of benzene rings is 2. The van der Waals surface area contributed by atoms with Crippen molar-refractivity contribution in [1.82, 2.24) is 0 Å². The lowest BCUT2D eigenvalue weighted by Crippen LogP contribution is -1.96. The molecule has 20 heavy (non-hydrogen) atoms. The number of nitro groups is 1. The lowest BCUT2D eigenvalue weighted by atomic mass is 10.2. The quantitative estimate of drug-likeness (QED) is 0.485. The van der Waals surface area contributed by atoms with Gasteiger partial charge in [0, 0.05) is 17.7 Å². The van der Waals surface area contributed by atoms with Gasteiger partial charge in [-0.2, -0.15) is 0 Å². The minimum atomic E-state index is -0.656. The number of halogens is 1. The summed E-state index contributed by atoms with van der Waals surface area (Å²) in [5.41, 5.74) is 0.457. The van der Waals surface area contributed by atoms with Gasteiger partial charge in [-0.25, -0.2) is 4.39 Å². The Kier molecular flexibility index (Phi) is 3.74. The summed E-state index contributed by atoms with van der Waals surface area (Å²) in [7, 11) is 0. The minimum Gasteiger partial charge on any atom is -0.450 e. The molecule has 0 unspecified atom stereocenters. The van der Waals surface area contributed by atoms with E-state index in [1.165, 1.54) is 24.3 Å². The van der Waals surface area contributed by atoms with E-state index in [-0.39, 0.29) is 22.7 Å².